The summed E-state index contributed by atoms with van der Waals surface area (Å²) in [6.07, 6.45) is 14.8. The van der Waals surface area contributed by atoms with Crippen LogP contribution in [0.3, 0.4) is 0 Å². The number of carbonyl (C=O) groups is 4. The molecule has 0 saturated heterocycles. The minimum absolute atomic E-state index is 0.169. The summed E-state index contributed by atoms with van der Waals surface area (Å²) in [6.45, 7) is 11.1. The Morgan fingerprint density at radius 2 is 1.60 bits per heavy atom. The number of carbonyl (C=O) groups excluding carboxylic acids is 3. The van der Waals surface area contributed by atoms with Crippen LogP contribution in [0.5, 0.6) is 0 Å². The molecule has 0 heterocycles. The van der Waals surface area contributed by atoms with Gasteiger partial charge in [-0.25, -0.2) is 4.79 Å². The van der Waals surface area contributed by atoms with E-state index in [4.69, 9.17) is 9.84 Å². The molecule has 0 bridgehead atoms. The molecule has 9 nitrogen and oxygen atoms in total. The van der Waals surface area contributed by atoms with Crippen LogP contribution in [0.25, 0.3) is 0 Å². The number of fused-ring (bicyclic) bond motifs is 5. The first kappa shape index (κ1) is 33.3. The van der Waals surface area contributed by atoms with Crippen LogP contribution in [0.2, 0.25) is 0 Å². The van der Waals surface area contributed by atoms with E-state index in [2.05, 4.69) is 56.6 Å². The van der Waals surface area contributed by atoms with E-state index in [0.717, 1.165) is 55.3 Å². The van der Waals surface area contributed by atoms with Crippen LogP contribution in [0.15, 0.2) is 11.6 Å². The van der Waals surface area contributed by atoms with Crippen LogP contribution in [0.4, 0.5) is 4.79 Å². The molecule has 4 aliphatic rings. The highest BCUT2D eigenvalue weighted by atomic mass is 16.6. The lowest BCUT2D eigenvalue weighted by Crippen LogP contribution is -2.51. The number of hydrogen-bond acceptors (Lipinski definition) is 5. The Hall–Kier alpha value is -2.58. The van der Waals surface area contributed by atoms with Gasteiger partial charge in [-0.1, -0.05) is 65.5 Å². The van der Waals surface area contributed by atoms with Crippen LogP contribution >= 0.6 is 0 Å². The Kier molecular flexibility index (Phi) is 10.9. The molecule has 4 aliphatic carbocycles. The van der Waals surface area contributed by atoms with Crippen molar-refractivity contribution in [2.75, 3.05) is 19.6 Å². The van der Waals surface area contributed by atoms with E-state index in [1.54, 1.807) is 0 Å². The minimum Gasteiger partial charge on any atom is -0.480 e. The molecule has 3 saturated carbocycles. The minimum atomic E-state index is -1.17. The molecule has 43 heavy (non-hydrogen) atoms. The smallest absolute Gasteiger partial charge is 0.407 e. The van der Waals surface area contributed by atoms with Gasteiger partial charge in [0.1, 0.15) is 19.2 Å². The van der Waals surface area contributed by atoms with Crippen molar-refractivity contribution < 1.29 is 29.0 Å². The highest BCUT2D eigenvalue weighted by molar-refractivity contribution is 5.88. The quantitative estimate of drug-likeness (QED) is 0.220. The molecule has 0 aromatic rings. The fraction of sp³-hybridized carbons (Fsp3) is 0.824. The number of aliphatic carboxylic acids is 1. The molecule has 3 fully saturated rings. The predicted molar refractivity (Wildman–Crippen MR) is 165 cm³/mol. The monoisotopic (exact) mass is 601 g/mol. The standard InChI is InChI=1S/C34H55N3O6/c1-21(2)7-6-8-22(3)26-11-12-27-25-10-9-23-17-24(13-15-33(23,4)28(25)14-16-34(26,27)5)43-32(42)37-19-30(39)35-18-29(38)36-20-31(40)41/h9,21-22,24-28H,6-8,10-20H2,1-5H3,(H,35,39)(H,36,38)(H,37,42)(H,40,41)/t22-,24+,25+,26-,27+,28+,33+,34-/m1/s1. The number of nitrogens with one attached hydrogen (secondary N) is 3. The maximum absolute atomic E-state index is 12.5. The summed E-state index contributed by atoms with van der Waals surface area (Å²) in [4.78, 5) is 46.5. The Morgan fingerprint density at radius 1 is 0.907 bits per heavy atom. The van der Waals surface area contributed by atoms with E-state index < -0.39 is 30.4 Å². The van der Waals surface area contributed by atoms with Crippen molar-refractivity contribution in [1.82, 2.24) is 16.0 Å². The van der Waals surface area contributed by atoms with Crippen LogP contribution < -0.4 is 16.0 Å². The topological polar surface area (TPSA) is 134 Å². The number of rotatable bonds is 12. The van der Waals surface area contributed by atoms with Crippen molar-refractivity contribution >= 4 is 23.9 Å². The third kappa shape index (κ3) is 7.75. The average Bonchev–Trinajstić information content (AvgIpc) is 3.31. The van der Waals surface area contributed by atoms with E-state index in [1.165, 1.54) is 50.5 Å². The third-order valence-corrected chi connectivity index (χ3v) is 11.8. The molecule has 3 amide bonds. The summed E-state index contributed by atoms with van der Waals surface area (Å²) in [5.41, 5.74) is 2.08. The van der Waals surface area contributed by atoms with Crippen molar-refractivity contribution in [2.45, 2.75) is 111 Å². The van der Waals surface area contributed by atoms with Crippen molar-refractivity contribution in [3.05, 3.63) is 11.6 Å². The lowest BCUT2D eigenvalue weighted by molar-refractivity contribution is -0.137. The molecule has 0 aliphatic heterocycles. The van der Waals surface area contributed by atoms with Gasteiger partial charge in [0.15, 0.2) is 0 Å². The van der Waals surface area contributed by atoms with Gasteiger partial charge in [0, 0.05) is 6.42 Å². The second-order valence-electron chi connectivity index (χ2n) is 14.9. The van der Waals surface area contributed by atoms with Gasteiger partial charge >= 0.3 is 12.1 Å². The molecule has 4 N–H and O–H groups in total. The van der Waals surface area contributed by atoms with Crippen LogP contribution in [-0.2, 0) is 19.1 Å². The summed E-state index contributed by atoms with van der Waals surface area (Å²) in [7, 11) is 0. The predicted octanol–water partition coefficient (Wildman–Crippen LogP) is 5.44. The normalized spacial score (nSPS) is 33.7. The van der Waals surface area contributed by atoms with E-state index in [0.29, 0.717) is 11.3 Å². The maximum atomic E-state index is 12.5. The second kappa shape index (κ2) is 14.0. The second-order valence-corrected chi connectivity index (χ2v) is 14.9. The lowest BCUT2D eigenvalue weighted by Gasteiger charge is -2.58. The fourth-order valence-electron chi connectivity index (χ4n) is 9.58. The first-order chi connectivity index (χ1) is 20.3. The summed E-state index contributed by atoms with van der Waals surface area (Å²) in [5, 5.41) is 15.6. The molecule has 0 aromatic carbocycles. The molecule has 0 radical (unpaired) electrons. The number of carboxylic acid groups (broad SMARTS) is 1. The zero-order valence-corrected chi connectivity index (χ0v) is 27.0. The van der Waals surface area contributed by atoms with E-state index in [9.17, 15) is 19.2 Å². The van der Waals surface area contributed by atoms with Gasteiger partial charge in [-0.2, -0.15) is 0 Å². The van der Waals surface area contributed by atoms with Gasteiger partial charge in [-0.05, 0) is 91.3 Å². The maximum Gasteiger partial charge on any atom is 0.407 e. The lowest BCUT2D eigenvalue weighted by atomic mass is 9.47. The zero-order chi connectivity index (χ0) is 31.4. The summed E-state index contributed by atoms with van der Waals surface area (Å²) < 4.78 is 5.72. The van der Waals surface area contributed by atoms with Crippen LogP contribution in [-0.4, -0.2) is 54.7 Å². The number of allylic oxidation sites excluding steroid dienone is 1. The summed E-state index contributed by atoms with van der Waals surface area (Å²) in [6, 6.07) is 0. The van der Waals surface area contributed by atoms with Gasteiger partial charge in [0.2, 0.25) is 11.8 Å². The molecule has 242 valence electrons. The third-order valence-electron chi connectivity index (χ3n) is 11.8. The number of amides is 3. The zero-order valence-electron chi connectivity index (χ0n) is 27.0. The molecule has 8 atom stereocenters. The van der Waals surface area contributed by atoms with Crippen molar-refractivity contribution in [3.63, 3.8) is 0 Å². The number of ether oxygens (including phenoxy) is 1. The Balaban J connectivity index is 1.26. The number of alkyl carbamates (subject to hydrolysis) is 1. The van der Waals surface area contributed by atoms with Gasteiger partial charge in [0.05, 0.1) is 6.54 Å². The summed E-state index contributed by atoms with van der Waals surface area (Å²) in [5.74, 6) is 2.38. The van der Waals surface area contributed by atoms with Crippen LogP contribution in [0.1, 0.15) is 105 Å². The molecule has 0 spiro atoms. The van der Waals surface area contributed by atoms with Crippen molar-refractivity contribution in [1.29, 1.82) is 0 Å². The summed E-state index contributed by atoms with van der Waals surface area (Å²) >= 11 is 0. The molecule has 9 heteroatoms. The van der Waals surface area contributed by atoms with Gasteiger partial charge < -0.3 is 25.8 Å². The first-order valence-corrected chi connectivity index (χ1v) is 16.7. The largest absolute Gasteiger partial charge is 0.480 e. The highest BCUT2D eigenvalue weighted by Gasteiger charge is 2.59. The number of hydrogen-bond donors (Lipinski definition) is 4. The Morgan fingerprint density at radius 3 is 2.30 bits per heavy atom. The molecule has 4 rings (SSSR count). The van der Waals surface area contributed by atoms with Crippen molar-refractivity contribution in [3.8, 4) is 0 Å². The average molecular weight is 602 g/mol. The molecular formula is C34H55N3O6. The highest BCUT2D eigenvalue weighted by Crippen LogP contribution is 2.67. The Bertz CT molecular complexity index is 1070. The molecule has 0 unspecified atom stereocenters. The van der Waals surface area contributed by atoms with E-state index in [1.807, 2.05) is 0 Å². The van der Waals surface area contributed by atoms with E-state index >= 15 is 0 Å². The fourth-order valence-corrected chi connectivity index (χ4v) is 9.58. The van der Waals surface area contributed by atoms with Gasteiger partial charge in [-0.15, -0.1) is 0 Å². The molecular weight excluding hydrogens is 546 g/mol. The van der Waals surface area contributed by atoms with Gasteiger partial charge in [0.25, 0.3) is 0 Å². The van der Waals surface area contributed by atoms with Crippen molar-refractivity contribution in [2.24, 2.45) is 46.3 Å². The molecule has 0 aromatic heterocycles. The van der Waals surface area contributed by atoms with Gasteiger partial charge in [-0.3, -0.25) is 14.4 Å². The Labute approximate surface area is 257 Å². The van der Waals surface area contributed by atoms with E-state index in [-0.39, 0.29) is 24.6 Å². The SMILES string of the molecule is CC(C)CCC[C@@H](C)[C@H]1CC[C@H]2[C@@H]3CC=C4C[C@@H](OC(=O)NCC(=O)NCC(=O)NCC(=O)O)CC[C@]4(C)[C@H]3CC[C@]12C. The van der Waals surface area contributed by atoms with Crippen LogP contribution in [0, 0.1) is 46.3 Å². The number of carboxylic acids is 1. The first-order valence-electron chi connectivity index (χ1n) is 16.7.